The van der Waals surface area contributed by atoms with E-state index in [4.69, 9.17) is 18.9 Å². The minimum atomic E-state index is -0.513. The molecule has 0 unspecified atom stereocenters. The molecule has 4 rings (SSSR count). The predicted octanol–water partition coefficient (Wildman–Crippen LogP) is 2.63. The van der Waals surface area contributed by atoms with Crippen LogP contribution in [0.4, 0.5) is 0 Å². The minimum absolute atomic E-state index is 0.258. The van der Waals surface area contributed by atoms with Crippen LogP contribution in [0.5, 0.6) is 23.0 Å². The first kappa shape index (κ1) is 23.8. The summed E-state index contributed by atoms with van der Waals surface area (Å²) in [6, 6.07) is 13.1. The number of ether oxygens (including phenoxy) is 4. The van der Waals surface area contributed by atoms with E-state index >= 15 is 0 Å². The Morgan fingerprint density at radius 1 is 1.06 bits per heavy atom. The lowest BCUT2D eigenvalue weighted by atomic mass is 10.2. The molecule has 2 heterocycles. The Morgan fingerprint density at radius 3 is 2.66 bits per heavy atom. The van der Waals surface area contributed by atoms with E-state index in [2.05, 4.69) is 15.8 Å². The standard InChI is InChI=1S/C24H21N3O7S/c1-31-19-11-15(4-6-18(19)34-24(30)21-3-2-10-35-21)13-26-27-22(28)14-25-23(29)16-5-7-17-20(12-16)33-9-8-32-17/h2-7,10-13H,8-9,14H2,1H3,(H,25,29)(H,27,28)/b26-13-. The molecular weight excluding hydrogens is 474 g/mol. The summed E-state index contributed by atoms with van der Waals surface area (Å²) in [6.07, 6.45) is 1.40. The molecule has 11 heteroatoms. The molecule has 2 aromatic carbocycles. The van der Waals surface area contributed by atoms with Gasteiger partial charge in [-0.25, -0.2) is 10.2 Å². The van der Waals surface area contributed by atoms with Crippen LogP contribution in [0.25, 0.3) is 0 Å². The average Bonchev–Trinajstić information content (AvgIpc) is 3.43. The van der Waals surface area contributed by atoms with E-state index in [0.29, 0.717) is 46.5 Å². The highest BCUT2D eigenvalue weighted by Crippen LogP contribution is 2.31. The number of hydrazone groups is 1. The fraction of sp³-hybridized carbons (Fsp3) is 0.167. The van der Waals surface area contributed by atoms with Crippen LogP contribution in [0.15, 0.2) is 59.0 Å². The number of nitrogens with one attached hydrogen (secondary N) is 2. The number of rotatable bonds is 8. The molecule has 0 spiro atoms. The first-order valence-electron chi connectivity index (χ1n) is 10.5. The molecule has 10 nitrogen and oxygen atoms in total. The van der Waals surface area contributed by atoms with Crippen molar-refractivity contribution in [2.24, 2.45) is 5.10 Å². The molecule has 0 aliphatic carbocycles. The van der Waals surface area contributed by atoms with Crippen LogP contribution in [-0.4, -0.2) is 50.9 Å². The average molecular weight is 496 g/mol. The molecular formula is C24H21N3O7S. The zero-order valence-corrected chi connectivity index (χ0v) is 19.4. The van der Waals surface area contributed by atoms with Crippen molar-refractivity contribution in [2.45, 2.75) is 0 Å². The molecule has 0 saturated heterocycles. The molecule has 2 N–H and O–H groups in total. The molecule has 1 aromatic heterocycles. The Labute approximate surface area is 204 Å². The molecule has 0 atom stereocenters. The maximum atomic E-state index is 12.3. The van der Waals surface area contributed by atoms with Crippen molar-refractivity contribution in [3.8, 4) is 23.0 Å². The van der Waals surface area contributed by atoms with Gasteiger partial charge in [0.15, 0.2) is 23.0 Å². The zero-order valence-electron chi connectivity index (χ0n) is 18.6. The number of amides is 2. The Balaban J connectivity index is 1.28. The lowest BCUT2D eigenvalue weighted by Gasteiger charge is -2.18. The van der Waals surface area contributed by atoms with Crippen molar-refractivity contribution >= 4 is 35.3 Å². The van der Waals surface area contributed by atoms with Crippen LogP contribution in [0, 0.1) is 0 Å². The van der Waals surface area contributed by atoms with E-state index in [1.807, 2.05) is 0 Å². The van der Waals surface area contributed by atoms with Crippen molar-refractivity contribution in [1.82, 2.24) is 10.7 Å². The normalized spacial score (nSPS) is 12.1. The summed E-state index contributed by atoms with van der Waals surface area (Å²) in [5.74, 6) is 0.223. The van der Waals surface area contributed by atoms with E-state index < -0.39 is 17.8 Å². The maximum Gasteiger partial charge on any atom is 0.353 e. The second-order valence-corrected chi connectivity index (χ2v) is 8.06. The SMILES string of the molecule is COc1cc(/C=N\NC(=O)CNC(=O)c2ccc3c(c2)OCCO3)ccc1OC(=O)c1cccs1. The van der Waals surface area contributed by atoms with Gasteiger partial charge < -0.3 is 24.3 Å². The lowest BCUT2D eigenvalue weighted by molar-refractivity contribution is -0.120. The molecule has 1 aliphatic heterocycles. The van der Waals surface area contributed by atoms with Crippen molar-refractivity contribution in [3.63, 3.8) is 0 Å². The number of carbonyl (C=O) groups is 3. The lowest BCUT2D eigenvalue weighted by Crippen LogP contribution is -2.35. The molecule has 0 saturated carbocycles. The number of nitrogens with zero attached hydrogens (tertiary/aromatic N) is 1. The Morgan fingerprint density at radius 2 is 1.89 bits per heavy atom. The van der Waals surface area contributed by atoms with E-state index in [1.165, 1.54) is 24.7 Å². The van der Waals surface area contributed by atoms with Crippen LogP contribution < -0.4 is 29.7 Å². The van der Waals surface area contributed by atoms with Crippen LogP contribution in [-0.2, 0) is 4.79 Å². The third kappa shape index (κ3) is 6.15. The van der Waals surface area contributed by atoms with Crippen molar-refractivity contribution in [2.75, 3.05) is 26.9 Å². The Kier molecular flexibility index (Phi) is 7.58. The maximum absolute atomic E-state index is 12.3. The summed E-state index contributed by atoms with van der Waals surface area (Å²) in [5.41, 5.74) is 3.28. The van der Waals surface area contributed by atoms with Gasteiger partial charge in [-0.05, 0) is 53.4 Å². The van der Waals surface area contributed by atoms with Crippen molar-refractivity contribution in [1.29, 1.82) is 0 Å². The van der Waals surface area contributed by atoms with Crippen LogP contribution >= 0.6 is 11.3 Å². The quantitative estimate of drug-likeness (QED) is 0.213. The van der Waals surface area contributed by atoms with Gasteiger partial charge >= 0.3 is 5.97 Å². The second kappa shape index (κ2) is 11.2. The second-order valence-electron chi connectivity index (χ2n) is 7.11. The molecule has 0 radical (unpaired) electrons. The summed E-state index contributed by atoms with van der Waals surface area (Å²) in [7, 11) is 1.45. The molecule has 2 amide bonds. The largest absolute Gasteiger partial charge is 0.493 e. The van der Waals surface area contributed by atoms with Gasteiger partial charge in [0.2, 0.25) is 0 Å². The van der Waals surface area contributed by atoms with E-state index in [-0.39, 0.29) is 12.3 Å². The van der Waals surface area contributed by atoms with E-state index in [0.717, 1.165) is 0 Å². The van der Waals surface area contributed by atoms with Crippen LogP contribution in [0.1, 0.15) is 25.6 Å². The zero-order chi connectivity index (χ0) is 24.6. The van der Waals surface area contributed by atoms with Gasteiger partial charge in [0.05, 0.1) is 19.9 Å². The van der Waals surface area contributed by atoms with E-state index in [1.54, 1.807) is 53.9 Å². The number of benzene rings is 2. The first-order chi connectivity index (χ1) is 17.0. The van der Waals surface area contributed by atoms with Crippen LogP contribution in [0.3, 0.4) is 0 Å². The molecule has 35 heavy (non-hydrogen) atoms. The third-order valence-electron chi connectivity index (χ3n) is 4.73. The number of hydrogen-bond donors (Lipinski definition) is 2. The summed E-state index contributed by atoms with van der Waals surface area (Å²) in [4.78, 5) is 37.0. The Bertz CT molecular complexity index is 1260. The monoisotopic (exact) mass is 495 g/mol. The fourth-order valence-corrected chi connectivity index (χ4v) is 3.66. The summed E-state index contributed by atoms with van der Waals surface area (Å²) in [5, 5.41) is 8.19. The van der Waals surface area contributed by atoms with Crippen LogP contribution in [0.2, 0.25) is 0 Å². The smallest absolute Gasteiger partial charge is 0.353 e. The van der Waals surface area contributed by atoms with Gasteiger partial charge in [0.25, 0.3) is 11.8 Å². The minimum Gasteiger partial charge on any atom is -0.493 e. The third-order valence-corrected chi connectivity index (χ3v) is 5.58. The highest BCUT2D eigenvalue weighted by atomic mass is 32.1. The van der Waals surface area contributed by atoms with Gasteiger partial charge in [-0.2, -0.15) is 5.10 Å². The predicted molar refractivity (Wildman–Crippen MR) is 128 cm³/mol. The highest BCUT2D eigenvalue weighted by Gasteiger charge is 2.16. The molecule has 0 fully saturated rings. The number of carbonyl (C=O) groups excluding carboxylic acids is 3. The summed E-state index contributed by atoms with van der Waals surface area (Å²) in [6.45, 7) is 0.595. The molecule has 3 aromatic rings. The fourth-order valence-electron chi connectivity index (χ4n) is 3.06. The Hall–Kier alpha value is -4.38. The van der Waals surface area contributed by atoms with Crippen molar-refractivity contribution in [3.05, 3.63) is 69.9 Å². The van der Waals surface area contributed by atoms with E-state index in [9.17, 15) is 14.4 Å². The topological polar surface area (TPSA) is 125 Å². The van der Waals surface area contributed by atoms with Gasteiger partial charge in [-0.1, -0.05) is 6.07 Å². The van der Waals surface area contributed by atoms with Gasteiger partial charge in [-0.3, -0.25) is 9.59 Å². The van der Waals surface area contributed by atoms with Gasteiger partial charge in [0, 0.05) is 5.56 Å². The summed E-state index contributed by atoms with van der Waals surface area (Å²) < 4.78 is 21.5. The number of esters is 1. The molecule has 0 bridgehead atoms. The molecule has 180 valence electrons. The van der Waals surface area contributed by atoms with Gasteiger partial charge in [0.1, 0.15) is 18.1 Å². The number of thiophene rings is 1. The molecule has 1 aliphatic rings. The number of methoxy groups -OCH3 is 1. The number of fused-ring (bicyclic) bond motifs is 1. The van der Waals surface area contributed by atoms with Crippen molar-refractivity contribution < 1.29 is 33.3 Å². The summed E-state index contributed by atoms with van der Waals surface area (Å²) >= 11 is 1.28. The first-order valence-corrected chi connectivity index (χ1v) is 11.3. The number of hydrogen-bond acceptors (Lipinski definition) is 9. The van der Waals surface area contributed by atoms with Gasteiger partial charge in [-0.15, -0.1) is 11.3 Å². The highest BCUT2D eigenvalue weighted by molar-refractivity contribution is 7.12.